The molecule has 2 N–H and O–H groups in total. The Labute approximate surface area is 196 Å². The highest BCUT2D eigenvalue weighted by Gasteiger charge is 2.28. The van der Waals surface area contributed by atoms with Crippen molar-refractivity contribution in [3.63, 3.8) is 0 Å². The van der Waals surface area contributed by atoms with Crippen LogP contribution in [0.4, 0.5) is 5.69 Å². The van der Waals surface area contributed by atoms with E-state index in [-0.39, 0.29) is 17.6 Å². The average Bonchev–Trinajstić information content (AvgIpc) is 3.16. The Bertz CT molecular complexity index is 1210. The molecule has 1 aromatic heterocycles. The number of hydrazone groups is 1. The number of carbonyl (C=O) groups is 2. The Morgan fingerprint density at radius 2 is 1.91 bits per heavy atom. The molecule has 170 valence electrons. The molecule has 0 unspecified atom stereocenters. The first kappa shape index (κ1) is 22.6. The molecule has 7 nitrogen and oxygen atoms in total. The maximum absolute atomic E-state index is 12.9. The van der Waals surface area contributed by atoms with Gasteiger partial charge in [0.2, 0.25) is 0 Å². The molecule has 0 aliphatic heterocycles. The van der Waals surface area contributed by atoms with Gasteiger partial charge in [0.05, 0.1) is 12.3 Å². The number of hydrogen-bond acceptors (Lipinski definition) is 5. The molecule has 1 heterocycles. The molecular weight excluding hydrogens is 442 g/mol. The molecule has 0 saturated heterocycles. The summed E-state index contributed by atoms with van der Waals surface area (Å²) in [5, 5.41) is 7.68. The van der Waals surface area contributed by atoms with Crippen molar-refractivity contribution in [2.45, 2.75) is 33.1 Å². The van der Waals surface area contributed by atoms with Crippen molar-refractivity contribution in [3.8, 4) is 5.75 Å². The molecule has 2 aromatic carbocycles. The van der Waals surface area contributed by atoms with Crippen LogP contribution in [0.1, 0.15) is 57.6 Å². The second kappa shape index (κ2) is 9.92. The third kappa shape index (κ3) is 5.09. The number of halogens is 1. The van der Waals surface area contributed by atoms with Gasteiger partial charge in [-0.2, -0.15) is 5.10 Å². The summed E-state index contributed by atoms with van der Waals surface area (Å²) in [5.41, 5.74) is 5.82. The average molecular weight is 466 g/mol. The fourth-order valence-corrected chi connectivity index (χ4v) is 3.99. The lowest BCUT2D eigenvalue weighted by atomic mass is 9.93. The summed E-state index contributed by atoms with van der Waals surface area (Å²) in [6, 6.07) is 13.8. The summed E-state index contributed by atoms with van der Waals surface area (Å²) in [6.07, 6.45) is 2.18. The van der Waals surface area contributed by atoms with Gasteiger partial charge in [-0.1, -0.05) is 17.7 Å². The highest BCUT2D eigenvalue weighted by Crippen LogP contribution is 2.30. The number of rotatable bonds is 6. The number of nitrogens with zero attached hydrogens (tertiary/aromatic N) is 1. The largest absolute Gasteiger partial charge is 0.494 e. The molecule has 0 radical (unpaired) electrons. The van der Waals surface area contributed by atoms with E-state index >= 15 is 0 Å². The standard InChI is InChI=1S/C25H24ClN3O4/c1-3-32-19-12-10-18(11-13-19)27-25(31)23-15(2)22-20(8-5-9-21(22)33-23)28-29-24(30)16-6-4-7-17(26)14-16/h4,6-7,10-14H,3,5,8-9H2,1-2H3,(H,27,31)(H,29,30)/b28-20+. The fraction of sp³-hybridized carbons (Fsp3) is 0.240. The number of ether oxygens (including phenoxy) is 1. The van der Waals surface area contributed by atoms with Crippen molar-refractivity contribution in [1.29, 1.82) is 0 Å². The van der Waals surface area contributed by atoms with Gasteiger partial charge in [0.15, 0.2) is 5.76 Å². The van der Waals surface area contributed by atoms with Gasteiger partial charge in [0.1, 0.15) is 11.5 Å². The third-order valence-corrected chi connectivity index (χ3v) is 5.57. The summed E-state index contributed by atoms with van der Waals surface area (Å²) in [5.74, 6) is 0.983. The second-order valence-electron chi connectivity index (χ2n) is 7.63. The van der Waals surface area contributed by atoms with Gasteiger partial charge in [-0.15, -0.1) is 0 Å². The molecule has 0 fully saturated rings. The number of amides is 2. The van der Waals surface area contributed by atoms with E-state index in [1.807, 2.05) is 13.8 Å². The van der Waals surface area contributed by atoms with Crippen LogP contribution in [-0.2, 0) is 6.42 Å². The van der Waals surface area contributed by atoms with Gasteiger partial charge >= 0.3 is 0 Å². The lowest BCUT2D eigenvalue weighted by Crippen LogP contribution is -2.22. The first-order valence-electron chi connectivity index (χ1n) is 10.8. The molecule has 0 spiro atoms. The SMILES string of the molecule is CCOc1ccc(NC(=O)c2oc3c(c2C)/C(=N/NC(=O)c2cccc(Cl)c2)CCC3)cc1. The normalized spacial score (nSPS) is 14.0. The molecule has 3 aromatic rings. The van der Waals surface area contributed by atoms with Crippen molar-refractivity contribution < 1.29 is 18.7 Å². The zero-order valence-electron chi connectivity index (χ0n) is 18.4. The maximum Gasteiger partial charge on any atom is 0.291 e. The molecule has 0 atom stereocenters. The lowest BCUT2D eigenvalue weighted by molar-refractivity contribution is 0.0953. The number of hydrogen-bond donors (Lipinski definition) is 2. The molecule has 4 rings (SSSR count). The van der Waals surface area contributed by atoms with E-state index in [0.29, 0.717) is 52.8 Å². The van der Waals surface area contributed by atoms with Gasteiger partial charge in [-0.3, -0.25) is 9.59 Å². The number of carbonyl (C=O) groups excluding carboxylic acids is 2. The van der Waals surface area contributed by atoms with Crippen LogP contribution in [-0.4, -0.2) is 24.1 Å². The molecule has 2 amide bonds. The molecule has 8 heteroatoms. The molecule has 1 aliphatic carbocycles. The number of aryl methyl sites for hydroxylation is 1. The molecule has 0 bridgehead atoms. The zero-order valence-corrected chi connectivity index (χ0v) is 19.2. The lowest BCUT2D eigenvalue weighted by Gasteiger charge is -2.13. The number of benzene rings is 2. The number of anilines is 1. The molecular formula is C25H24ClN3O4. The molecule has 33 heavy (non-hydrogen) atoms. The van der Waals surface area contributed by atoms with Crippen LogP contribution in [0.2, 0.25) is 5.02 Å². The fourth-order valence-electron chi connectivity index (χ4n) is 3.80. The second-order valence-corrected chi connectivity index (χ2v) is 8.07. The van der Waals surface area contributed by atoms with Gasteiger partial charge in [-0.05, 0) is 69.2 Å². The van der Waals surface area contributed by atoms with E-state index in [0.717, 1.165) is 17.7 Å². The Morgan fingerprint density at radius 1 is 1.12 bits per heavy atom. The van der Waals surface area contributed by atoms with Gasteiger partial charge in [0, 0.05) is 33.8 Å². The molecule has 0 saturated carbocycles. The Morgan fingerprint density at radius 3 is 2.64 bits per heavy atom. The summed E-state index contributed by atoms with van der Waals surface area (Å²) in [4.78, 5) is 25.3. The van der Waals surface area contributed by atoms with Crippen LogP contribution in [0.15, 0.2) is 58.0 Å². The van der Waals surface area contributed by atoms with Crippen LogP contribution < -0.4 is 15.5 Å². The highest BCUT2D eigenvalue weighted by molar-refractivity contribution is 6.31. The number of fused-ring (bicyclic) bond motifs is 1. The minimum atomic E-state index is -0.355. The highest BCUT2D eigenvalue weighted by atomic mass is 35.5. The quantitative estimate of drug-likeness (QED) is 0.479. The molecule has 1 aliphatic rings. The summed E-state index contributed by atoms with van der Waals surface area (Å²) in [7, 11) is 0. The maximum atomic E-state index is 12.9. The van der Waals surface area contributed by atoms with E-state index in [4.69, 9.17) is 20.8 Å². The minimum absolute atomic E-state index is 0.240. The number of furan rings is 1. The predicted molar refractivity (Wildman–Crippen MR) is 127 cm³/mol. The third-order valence-electron chi connectivity index (χ3n) is 5.33. The Hall–Kier alpha value is -3.58. The van der Waals surface area contributed by atoms with E-state index in [1.165, 1.54) is 0 Å². The van der Waals surface area contributed by atoms with Gasteiger partial charge in [0.25, 0.3) is 11.8 Å². The summed E-state index contributed by atoms with van der Waals surface area (Å²) >= 11 is 5.97. The van der Waals surface area contributed by atoms with Crippen LogP contribution in [0.5, 0.6) is 5.75 Å². The van der Waals surface area contributed by atoms with Crippen molar-refractivity contribution in [2.75, 3.05) is 11.9 Å². The Kier molecular flexibility index (Phi) is 6.79. The van der Waals surface area contributed by atoms with Crippen LogP contribution in [0.3, 0.4) is 0 Å². The topological polar surface area (TPSA) is 92.9 Å². The summed E-state index contributed by atoms with van der Waals surface area (Å²) < 4.78 is 11.4. The van der Waals surface area contributed by atoms with Crippen LogP contribution >= 0.6 is 11.6 Å². The van der Waals surface area contributed by atoms with Crippen molar-refractivity contribution in [3.05, 3.63) is 81.8 Å². The Balaban J connectivity index is 1.52. The van der Waals surface area contributed by atoms with Gasteiger partial charge < -0.3 is 14.5 Å². The van der Waals surface area contributed by atoms with Gasteiger partial charge in [-0.25, -0.2) is 5.43 Å². The first-order chi connectivity index (χ1) is 16.0. The number of nitrogens with one attached hydrogen (secondary N) is 2. The smallest absolute Gasteiger partial charge is 0.291 e. The van der Waals surface area contributed by atoms with Crippen molar-refractivity contribution in [2.24, 2.45) is 5.10 Å². The van der Waals surface area contributed by atoms with Crippen molar-refractivity contribution >= 4 is 34.8 Å². The minimum Gasteiger partial charge on any atom is -0.494 e. The van der Waals surface area contributed by atoms with E-state index < -0.39 is 0 Å². The summed E-state index contributed by atoms with van der Waals surface area (Å²) in [6.45, 7) is 4.32. The van der Waals surface area contributed by atoms with E-state index in [1.54, 1.807) is 48.5 Å². The van der Waals surface area contributed by atoms with E-state index in [2.05, 4.69) is 15.8 Å². The van der Waals surface area contributed by atoms with E-state index in [9.17, 15) is 9.59 Å². The van der Waals surface area contributed by atoms with Crippen molar-refractivity contribution in [1.82, 2.24) is 5.43 Å². The predicted octanol–water partition coefficient (Wildman–Crippen LogP) is 5.36. The monoisotopic (exact) mass is 465 g/mol. The van der Waals surface area contributed by atoms with Crippen LogP contribution in [0, 0.1) is 6.92 Å². The zero-order chi connectivity index (χ0) is 23.4. The van der Waals surface area contributed by atoms with Crippen LogP contribution in [0.25, 0.3) is 0 Å². The first-order valence-corrected chi connectivity index (χ1v) is 11.1.